The van der Waals surface area contributed by atoms with Crippen LogP contribution in [0.5, 0.6) is 0 Å². The number of halogens is 2. The molecule has 3 aliphatic rings. The highest BCUT2D eigenvalue weighted by molar-refractivity contribution is 14.0. The number of nitrogens with one attached hydrogen (secondary N) is 3. The molecule has 30 heteroatoms. The number of pyridine rings is 5. The van der Waals surface area contributed by atoms with E-state index in [0.717, 1.165) is 42.0 Å². The fourth-order valence-corrected chi connectivity index (χ4v) is 8.58. The van der Waals surface area contributed by atoms with Crippen molar-refractivity contribution in [2.45, 2.75) is 134 Å². The van der Waals surface area contributed by atoms with Gasteiger partial charge in [0, 0.05) is 69.3 Å². The van der Waals surface area contributed by atoms with Gasteiger partial charge in [0.05, 0.1) is 111 Å². The van der Waals surface area contributed by atoms with E-state index >= 15 is 0 Å². The highest BCUT2D eigenvalue weighted by Crippen LogP contribution is 2.40. The number of fused-ring (bicyclic) bond motifs is 3. The van der Waals surface area contributed by atoms with Crippen LogP contribution in [-0.2, 0) is 94.4 Å². The molecule has 3 N–H and O–H groups in total. The van der Waals surface area contributed by atoms with Gasteiger partial charge in [0.1, 0.15) is 10.8 Å². The lowest BCUT2D eigenvalue weighted by molar-refractivity contribution is -0.192. The molecule has 8 heterocycles. The molecule has 0 fully saturated rings. The highest BCUT2D eigenvalue weighted by Gasteiger charge is 2.39. The Kier molecular flexibility index (Phi) is 36.1. The lowest BCUT2D eigenvalue weighted by Gasteiger charge is -2.28. The zero-order valence-corrected chi connectivity index (χ0v) is 57.1. The van der Waals surface area contributed by atoms with Crippen molar-refractivity contribution < 1.29 is 85.9 Å². The maximum atomic E-state index is 12.3. The van der Waals surface area contributed by atoms with Crippen LogP contribution in [0, 0.1) is 18.6 Å². The molecule has 8 rings (SSSR count). The first-order chi connectivity index (χ1) is 44.1. The second-order valence-electron chi connectivity index (χ2n) is 21.4. The third-order valence-electron chi connectivity index (χ3n) is 12.5. The van der Waals surface area contributed by atoms with Crippen LogP contribution in [0.1, 0.15) is 187 Å². The zero-order valence-electron chi connectivity index (χ0n) is 54.0. The third kappa shape index (κ3) is 26.0. The Balaban J connectivity index is 0.000000591. The van der Waals surface area contributed by atoms with Gasteiger partial charge in [-0.2, -0.15) is 9.59 Å². The van der Waals surface area contributed by atoms with Crippen molar-refractivity contribution in [1.82, 2.24) is 40.9 Å². The number of esters is 7. The van der Waals surface area contributed by atoms with Crippen molar-refractivity contribution >= 4 is 107 Å². The summed E-state index contributed by atoms with van der Waals surface area (Å²) in [5.74, 6) is -5.65. The molecule has 0 aromatic carbocycles. The molecule has 0 saturated carbocycles. The fourth-order valence-electron chi connectivity index (χ4n) is 8.43. The van der Waals surface area contributed by atoms with Gasteiger partial charge in [0.15, 0.2) is 5.92 Å². The van der Waals surface area contributed by atoms with E-state index in [1.165, 1.54) is 44.0 Å². The molecule has 0 bridgehead atoms. The number of aromatic nitrogens is 5. The Bertz CT molecular complexity index is 3650. The molecule has 95 heavy (non-hydrogen) atoms. The molecule has 3 aliphatic heterocycles. The summed E-state index contributed by atoms with van der Waals surface area (Å²) in [5.41, 5.74) is 5.82. The van der Waals surface area contributed by atoms with Crippen molar-refractivity contribution in [2.24, 2.45) is 5.41 Å². The number of rotatable bonds is 13. The van der Waals surface area contributed by atoms with E-state index in [1.807, 2.05) is 26.8 Å². The maximum absolute atomic E-state index is 12.3. The van der Waals surface area contributed by atoms with Crippen molar-refractivity contribution in [3.05, 3.63) is 157 Å². The Morgan fingerprint density at radius 1 is 0.611 bits per heavy atom. The Hall–Kier alpha value is -9.68. The molecule has 510 valence electrons. The van der Waals surface area contributed by atoms with Gasteiger partial charge in [-0.15, -0.1) is 24.0 Å². The van der Waals surface area contributed by atoms with Gasteiger partial charge in [-0.05, 0) is 108 Å². The summed E-state index contributed by atoms with van der Waals surface area (Å²) in [5, 5.41) is 8.66. The topological polar surface area (TPSA) is 362 Å². The minimum absolute atomic E-state index is 0. The molecule has 0 aliphatic carbocycles. The molecule has 0 spiro atoms. The molecule has 5 aromatic heterocycles. The van der Waals surface area contributed by atoms with Gasteiger partial charge in [0.25, 0.3) is 0 Å². The van der Waals surface area contributed by atoms with Gasteiger partial charge in [0.2, 0.25) is 23.2 Å². The quantitative estimate of drug-likeness (QED) is 0.0247. The standard InChI is InChI=1S/C16H20N2O5.C16H20N2O4.C11H12N2O3.C11H14N2O2.C9H7ClN2O2.CO2.CH4.HI/c1-5-22-14(20)10-6-9-7-18-13(19)11(12(9)17-8-10)15(21)23-16(2,3)4;1-7-22-14(19)10-8-11(17-5)13(18-9-10)12(15(20)21-6)16(2,3)4;1-2-16-11(15)8-3-7-5-13-10(14)4-9(7)12-6-8;1-2-15-11(14)9-5-8-6-12-4-3-10(8)13-7-9;1-3-14-9(13)6-4-7(11-2)8(10)12-5-6;2-1-3;;/h6,8,11H,5,7H2,1-4H3,(H,18,19);8-9,12H,7H2,1-4,6H3;3,6H,2,4-5H2,1H3,(H,13,14);5,7,12H,2-4,6H2,1H3;4-5H,3H2,1H3;;1H4;1H. The molecule has 28 nitrogen and oxygen atoms in total. The molecule has 0 saturated heterocycles. The third-order valence-corrected chi connectivity index (χ3v) is 12.8. The molecule has 2 unspecified atom stereocenters. The SMILES string of the molecule is C.CCOC(=O)c1cnc2c(c1)CNC(=O)C2.CCOC(=O)c1cnc2c(c1)CNC(=O)C2C(=O)OC(C)(C)C.CCOC(=O)c1cnc2c(c1)CNCC2.I.O=C=O.[C-]#[N+]c1cc(C(=O)OCC)cnc1C(C(=O)OC)C(C)(C)C.[C-]#[N+]c1cc(C(=O)OCC)cnc1Cl. The van der Waals surface area contributed by atoms with E-state index in [9.17, 15) is 43.2 Å². The minimum atomic E-state index is -1.13. The maximum Gasteiger partial charge on any atom is 0.373 e. The van der Waals surface area contributed by atoms with E-state index in [-0.39, 0.29) is 121 Å². The van der Waals surface area contributed by atoms with Gasteiger partial charge >= 0.3 is 47.9 Å². The van der Waals surface area contributed by atoms with Gasteiger partial charge in [-0.3, -0.25) is 44.1 Å². The van der Waals surface area contributed by atoms with Crippen molar-refractivity contribution in [3.63, 3.8) is 0 Å². The minimum Gasteiger partial charge on any atom is -0.469 e. The number of methoxy groups -OCH3 is 1. The summed E-state index contributed by atoms with van der Waals surface area (Å²) in [7, 11) is 1.30. The molecule has 2 atom stereocenters. The van der Waals surface area contributed by atoms with E-state index in [1.54, 1.807) is 73.7 Å². The largest absolute Gasteiger partial charge is 0.469 e. The van der Waals surface area contributed by atoms with Gasteiger partial charge in [-0.1, -0.05) is 39.8 Å². The number of amides is 2. The van der Waals surface area contributed by atoms with Gasteiger partial charge < -0.3 is 49.1 Å². The average molecular weight is 1450 g/mol. The Morgan fingerprint density at radius 2 is 1.02 bits per heavy atom. The van der Waals surface area contributed by atoms with E-state index in [2.05, 4.69) is 50.6 Å². The van der Waals surface area contributed by atoms with Crippen LogP contribution in [0.25, 0.3) is 9.69 Å². The van der Waals surface area contributed by atoms with Crippen LogP contribution in [0.3, 0.4) is 0 Å². The van der Waals surface area contributed by atoms with E-state index in [4.69, 9.17) is 67.5 Å². The van der Waals surface area contributed by atoms with Crippen LogP contribution in [-0.4, -0.2) is 137 Å². The fraction of sp³-hybridized carbons (Fsp3) is 0.431. The first-order valence-electron chi connectivity index (χ1n) is 28.9. The number of carbonyl (C=O) groups is 9. The molecular formula is C65H78ClIN10O18. The predicted molar refractivity (Wildman–Crippen MR) is 351 cm³/mol. The number of nitrogens with zero attached hydrogens (tertiary/aromatic N) is 7. The van der Waals surface area contributed by atoms with Crippen molar-refractivity contribution in [3.8, 4) is 0 Å². The summed E-state index contributed by atoms with van der Waals surface area (Å²) >= 11 is 5.60. The predicted octanol–water partition coefficient (Wildman–Crippen LogP) is 8.89. The summed E-state index contributed by atoms with van der Waals surface area (Å²) in [6.07, 6.45) is 8.43. The van der Waals surface area contributed by atoms with E-state index in [0.29, 0.717) is 47.8 Å². The van der Waals surface area contributed by atoms with Crippen LogP contribution in [0.15, 0.2) is 61.3 Å². The van der Waals surface area contributed by atoms with Crippen molar-refractivity contribution in [1.29, 1.82) is 0 Å². The highest BCUT2D eigenvalue weighted by atomic mass is 127. The van der Waals surface area contributed by atoms with Crippen LogP contribution < -0.4 is 16.0 Å². The Labute approximate surface area is 572 Å². The zero-order chi connectivity index (χ0) is 69.6. The summed E-state index contributed by atoms with van der Waals surface area (Å²) < 4.78 is 34.5. The molecule has 0 radical (unpaired) electrons. The molecule has 5 aromatic rings. The molecular weight excluding hydrogens is 1370 g/mol. The average Bonchev–Trinajstić information content (AvgIpc) is 0.814. The first-order valence-corrected chi connectivity index (χ1v) is 29.2. The molecule has 2 amide bonds. The summed E-state index contributed by atoms with van der Waals surface area (Å²) in [6.45, 7) is 37.4. The van der Waals surface area contributed by atoms with Crippen LogP contribution in [0.2, 0.25) is 5.15 Å². The lowest BCUT2D eigenvalue weighted by atomic mass is 9.78. The monoisotopic (exact) mass is 1450 g/mol. The number of hydrogen-bond acceptors (Lipinski definition) is 24. The first kappa shape index (κ1) is 83.3. The second-order valence-corrected chi connectivity index (χ2v) is 21.7. The normalized spacial score (nSPS) is 13.0. The number of hydrogen-bond donors (Lipinski definition) is 3. The lowest BCUT2D eigenvalue weighted by Crippen LogP contribution is -2.41. The smallest absolute Gasteiger partial charge is 0.373 e. The summed E-state index contributed by atoms with van der Waals surface area (Å²) in [6, 6.07) is 7.93. The van der Waals surface area contributed by atoms with Crippen LogP contribution in [0.4, 0.5) is 11.4 Å². The number of ether oxygens (including phenoxy) is 7. The van der Waals surface area contributed by atoms with Gasteiger partial charge in [-0.25, -0.2) is 33.7 Å². The number of carbonyl (C=O) groups excluding carboxylic acids is 11. The van der Waals surface area contributed by atoms with Crippen molar-refractivity contribution in [2.75, 3.05) is 46.7 Å². The van der Waals surface area contributed by atoms with Crippen LogP contribution >= 0.6 is 35.6 Å². The van der Waals surface area contributed by atoms with E-state index < -0.39 is 58.6 Å². The summed E-state index contributed by atoms with van der Waals surface area (Å²) in [4.78, 5) is 148. The second kappa shape index (κ2) is 41.1. The Morgan fingerprint density at radius 3 is 1.47 bits per heavy atom.